The average Bonchev–Trinajstić information content (AvgIpc) is 2.25. The Morgan fingerprint density at radius 2 is 1.87 bits per heavy atom. The highest BCUT2D eigenvalue weighted by molar-refractivity contribution is 7.84. The zero-order valence-corrected chi connectivity index (χ0v) is 10.7. The molecule has 0 aromatic rings. The molecule has 0 aliphatic heterocycles. The summed E-state index contributed by atoms with van der Waals surface area (Å²) in [5.74, 6) is 0. The summed E-state index contributed by atoms with van der Waals surface area (Å²) >= 11 is 0. The van der Waals surface area contributed by atoms with Crippen LogP contribution in [0.5, 0.6) is 0 Å². The van der Waals surface area contributed by atoms with Crippen LogP contribution in [0.2, 0.25) is 0 Å². The Morgan fingerprint density at radius 3 is 2.40 bits per heavy atom. The van der Waals surface area contributed by atoms with Gasteiger partial charge in [0.25, 0.3) is 0 Å². The molecule has 1 rings (SSSR count). The van der Waals surface area contributed by atoms with Crippen LogP contribution < -0.4 is 10.6 Å². The highest BCUT2D eigenvalue weighted by Gasteiger charge is 2.22. The smallest absolute Gasteiger partial charge is 0.0346 e. The monoisotopic (exact) mass is 232 g/mol. The summed E-state index contributed by atoms with van der Waals surface area (Å²) in [4.78, 5) is 0. The Bertz CT molecular complexity index is 191. The van der Waals surface area contributed by atoms with Crippen molar-refractivity contribution in [3.8, 4) is 0 Å². The van der Waals surface area contributed by atoms with Crippen molar-refractivity contribution in [1.82, 2.24) is 10.6 Å². The van der Waals surface area contributed by atoms with Gasteiger partial charge in [-0.05, 0) is 52.2 Å². The molecule has 15 heavy (non-hydrogen) atoms. The minimum atomic E-state index is -0.613. The summed E-state index contributed by atoms with van der Waals surface area (Å²) < 4.78 is 11.3. The van der Waals surface area contributed by atoms with Crippen molar-refractivity contribution in [3.05, 3.63) is 0 Å². The molecule has 0 aromatic heterocycles. The summed E-state index contributed by atoms with van der Waals surface area (Å²) in [6, 6.07) is 0.668. The van der Waals surface area contributed by atoms with Gasteiger partial charge < -0.3 is 10.6 Å². The summed E-state index contributed by atoms with van der Waals surface area (Å²) in [6.07, 6.45) is 7.69. The van der Waals surface area contributed by atoms with Crippen LogP contribution in [-0.4, -0.2) is 41.9 Å². The molecular formula is C11H24N2OS. The number of hydrogen-bond acceptors (Lipinski definition) is 3. The average molecular weight is 232 g/mol. The molecule has 0 heterocycles. The zero-order chi connectivity index (χ0) is 11.1. The molecule has 1 aliphatic carbocycles. The first-order valence-electron chi connectivity index (χ1n) is 5.94. The summed E-state index contributed by atoms with van der Waals surface area (Å²) in [5, 5.41) is 7.18. The van der Waals surface area contributed by atoms with Crippen LogP contribution in [0.3, 0.4) is 0 Å². The van der Waals surface area contributed by atoms with Crippen molar-refractivity contribution < 1.29 is 4.21 Å². The Balaban J connectivity index is 2.07. The molecule has 0 saturated heterocycles. The maximum Gasteiger partial charge on any atom is 0.0346 e. The molecule has 2 N–H and O–H groups in total. The van der Waals surface area contributed by atoms with Crippen LogP contribution in [0.15, 0.2) is 0 Å². The van der Waals surface area contributed by atoms with Gasteiger partial charge in [0.15, 0.2) is 0 Å². The minimum Gasteiger partial charge on any atom is -0.320 e. The Morgan fingerprint density at radius 1 is 1.20 bits per heavy atom. The van der Waals surface area contributed by atoms with Crippen molar-refractivity contribution in [2.24, 2.45) is 0 Å². The zero-order valence-electron chi connectivity index (χ0n) is 9.92. The lowest BCUT2D eigenvalue weighted by molar-refractivity contribution is 0.375. The van der Waals surface area contributed by atoms with Crippen LogP contribution in [0, 0.1) is 0 Å². The van der Waals surface area contributed by atoms with Gasteiger partial charge in [0.05, 0.1) is 0 Å². The second-order valence-corrected chi connectivity index (χ2v) is 6.05. The largest absolute Gasteiger partial charge is 0.320 e. The van der Waals surface area contributed by atoms with Crippen LogP contribution in [0.25, 0.3) is 0 Å². The van der Waals surface area contributed by atoms with Gasteiger partial charge in [0, 0.05) is 28.3 Å². The van der Waals surface area contributed by atoms with Crippen molar-refractivity contribution in [1.29, 1.82) is 0 Å². The van der Waals surface area contributed by atoms with Gasteiger partial charge >= 0.3 is 0 Å². The molecule has 1 saturated carbocycles. The molecular weight excluding hydrogens is 208 g/mol. The minimum absolute atomic E-state index is 0.459. The molecule has 90 valence electrons. The summed E-state index contributed by atoms with van der Waals surface area (Å²) in [5.41, 5.74) is 0. The fourth-order valence-electron chi connectivity index (χ4n) is 2.17. The van der Waals surface area contributed by atoms with Crippen LogP contribution in [-0.2, 0) is 10.8 Å². The lowest BCUT2D eigenvalue weighted by atomic mass is 9.95. The van der Waals surface area contributed by atoms with Crippen molar-refractivity contribution >= 4 is 10.8 Å². The molecule has 3 nitrogen and oxygen atoms in total. The van der Waals surface area contributed by atoms with E-state index >= 15 is 0 Å². The maximum absolute atomic E-state index is 11.3. The van der Waals surface area contributed by atoms with Gasteiger partial charge in [0.1, 0.15) is 0 Å². The predicted octanol–water partition coefficient (Wildman–Crippen LogP) is 0.875. The fourth-order valence-corrected chi connectivity index (χ4v) is 3.11. The molecule has 0 amide bonds. The van der Waals surface area contributed by atoms with Crippen molar-refractivity contribution in [3.63, 3.8) is 0 Å². The molecule has 0 radical (unpaired) electrons. The molecule has 1 unspecified atom stereocenters. The quantitative estimate of drug-likeness (QED) is 0.668. The second-order valence-electron chi connectivity index (χ2n) is 4.38. The fraction of sp³-hybridized carbons (Fsp3) is 1.00. The summed E-state index contributed by atoms with van der Waals surface area (Å²) in [7, 11) is 1.37. The number of rotatable bonds is 6. The third-order valence-electron chi connectivity index (χ3n) is 3.18. The van der Waals surface area contributed by atoms with Crippen molar-refractivity contribution in [2.75, 3.05) is 26.4 Å². The van der Waals surface area contributed by atoms with Crippen LogP contribution in [0.1, 0.15) is 32.1 Å². The SMILES string of the molecule is CNCCCNC1CCC(S(C)=O)CC1. The molecule has 0 spiro atoms. The Kier molecular flexibility index (Phi) is 6.45. The van der Waals surface area contributed by atoms with E-state index in [1.54, 1.807) is 0 Å². The van der Waals surface area contributed by atoms with Gasteiger partial charge in [-0.15, -0.1) is 0 Å². The van der Waals surface area contributed by atoms with Gasteiger partial charge in [0.2, 0.25) is 0 Å². The molecule has 1 atom stereocenters. The van der Waals surface area contributed by atoms with E-state index in [0.717, 1.165) is 25.9 Å². The third kappa shape index (κ3) is 5.09. The first-order chi connectivity index (χ1) is 7.24. The van der Waals surface area contributed by atoms with E-state index in [2.05, 4.69) is 10.6 Å². The van der Waals surface area contributed by atoms with Crippen LogP contribution in [0.4, 0.5) is 0 Å². The third-order valence-corrected chi connectivity index (χ3v) is 4.59. The van der Waals surface area contributed by atoms with Gasteiger partial charge in [-0.25, -0.2) is 0 Å². The summed E-state index contributed by atoms with van der Waals surface area (Å²) in [6.45, 7) is 2.19. The number of hydrogen-bond donors (Lipinski definition) is 2. The first kappa shape index (κ1) is 13.1. The molecule has 1 fully saturated rings. The molecule has 1 aliphatic rings. The highest BCUT2D eigenvalue weighted by atomic mass is 32.2. The van der Waals surface area contributed by atoms with Gasteiger partial charge in [-0.2, -0.15) is 0 Å². The molecule has 0 aromatic carbocycles. The first-order valence-corrected chi connectivity index (χ1v) is 7.56. The van der Waals surface area contributed by atoms with E-state index in [4.69, 9.17) is 0 Å². The van der Waals surface area contributed by atoms with Crippen molar-refractivity contribution in [2.45, 2.75) is 43.4 Å². The molecule has 4 heteroatoms. The van der Waals surface area contributed by atoms with Gasteiger partial charge in [-0.1, -0.05) is 0 Å². The van der Waals surface area contributed by atoms with E-state index in [0.29, 0.717) is 11.3 Å². The van der Waals surface area contributed by atoms with E-state index in [9.17, 15) is 4.21 Å². The molecule has 0 bridgehead atoms. The normalized spacial score (nSPS) is 28.9. The maximum atomic E-state index is 11.3. The van der Waals surface area contributed by atoms with E-state index < -0.39 is 10.8 Å². The van der Waals surface area contributed by atoms with E-state index in [1.807, 2.05) is 13.3 Å². The van der Waals surface area contributed by atoms with Crippen LogP contribution >= 0.6 is 0 Å². The number of nitrogens with one attached hydrogen (secondary N) is 2. The second kappa shape index (κ2) is 7.36. The highest BCUT2D eigenvalue weighted by Crippen LogP contribution is 2.21. The standard InChI is InChI=1S/C11H24N2OS/c1-12-8-3-9-13-10-4-6-11(7-5-10)15(2)14/h10-13H,3-9H2,1-2H3. The predicted molar refractivity (Wildman–Crippen MR) is 66.7 cm³/mol. The lowest BCUT2D eigenvalue weighted by Gasteiger charge is -2.27. The van der Waals surface area contributed by atoms with Gasteiger partial charge in [-0.3, -0.25) is 4.21 Å². The topological polar surface area (TPSA) is 41.1 Å². The Labute approximate surface area is 95.9 Å². The van der Waals surface area contributed by atoms with E-state index in [-0.39, 0.29) is 0 Å². The lowest BCUT2D eigenvalue weighted by Crippen LogP contribution is -2.36. The van der Waals surface area contributed by atoms with E-state index in [1.165, 1.54) is 19.3 Å². The Hall–Kier alpha value is 0.0700.